The third-order valence-corrected chi connectivity index (χ3v) is 3.84. The van der Waals surface area contributed by atoms with Crippen LogP contribution < -0.4 is 4.74 Å². The van der Waals surface area contributed by atoms with Crippen LogP contribution in [0.5, 0.6) is 5.06 Å². The zero-order valence-corrected chi connectivity index (χ0v) is 9.91. The lowest BCUT2D eigenvalue weighted by Crippen LogP contribution is -1.86. The summed E-state index contributed by atoms with van der Waals surface area (Å²) in [5.74, 6) is 0. The van der Waals surface area contributed by atoms with Crippen molar-refractivity contribution < 1.29 is 4.74 Å². The molecule has 0 saturated heterocycles. The third-order valence-electron chi connectivity index (χ3n) is 2.17. The van der Waals surface area contributed by atoms with Crippen LogP contribution in [0.2, 0.25) is 0 Å². The molecule has 0 aliphatic heterocycles. The molecule has 0 aliphatic carbocycles. The van der Waals surface area contributed by atoms with Gasteiger partial charge in [0.1, 0.15) is 0 Å². The van der Waals surface area contributed by atoms with Crippen molar-refractivity contribution in [1.29, 1.82) is 0 Å². The minimum absolute atomic E-state index is 0.722. The van der Waals surface area contributed by atoms with Gasteiger partial charge in [-0.3, -0.25) is 0 Å². The Balaban J connectivity index is 2.59. The Kier molecular flexibility index (Phi) is 2.70. The number of thiol groups is 1. The van der Waals surface area contributed by atoms with Gasteiger partial charge in [0.15, 0.2) is 5.06 Å². The molecule has 2 rings (SSSR count). The second kappa shape index (κ2) is 3.83. The molecule has 0 spiro atoms. The minimum Gasteiger partial charge on any atom is -0.484 e. The highest BCUT2D eigenvalue weighted by Crippen LogP contribution is 2.35. The van der Waals surface area contributed by atoms with E-state index in [2.05, 4.69) is 31.7 Å². The van der Waals surface area contributed by atoms with Crippen molar-refractivity contribution in [2.45, 2.75) is 18.7 Å². The van der Waals surface area contributed by atoms with Crippen LogP contribution >= 0.6 is 24.0 Å². The lowest BCUT2D eigenvalue weighted by atomic mass is 10.2. The summed E-state index contributed by atoms with van der Waals surface area (Å²) in [5, 5.41) is 2.23. The Morgan fingerprint density at radius 1 is 1.43 bits per heavy atom. The largest absolute Gasteiger partial charge is 0.484 e. The van der Waals surface area contributed by atoms with Crippen LogP contribution in [-0.2, 0) is 0 Å². The molecular weight excluding hydrogens is 212 g/mol. The molecule has 74 valence electrons. The molecule has 1 heterocycles. The molecule has 14 heavy (non-hydrogen) atoms. The van der Waals surface area contributed by atoms with Crippen LogP contribution in [0.15, 0.2) is 23.1 Å². The van der Waals surface area contributed by atoms with E-state index in [1.807, 2.05) is 13.0 Å². The van der Waals surface area contributed by atoms with Crippen LogP contribution in [0.3, 0.4) is 0 Å². The van der Waals surface area contributed by atoms with Crippen molar-refractivity contribution >= 4 is 34.1 Å². The number of thiophene rings is 1. The van der Waals surface area contributed by atoms with E-state index in [4.69, 9.17) is 4.74 Å². The molecule has 0 N–H and O–H groups in total. The maximum atomic E-state index is 5.48. The zero-order chi connectivity index (χ0) is 10.1. The fourth-order valence-electron chi connectivity index (χ4n) is 1.42. The molecule has 2 aromatic rings. The molecule has 0 fully saturated rings. The molecule has 3 heteroatoms. The van der Waals surface area contributed by atoms with Crippen molar-refractivity contribution in [3.8, 4) is 5.06 Å². The average Bonchev–Trinajstić information content (AvgIpc) is 2.56. The van der Waals surface area contributed by atoms with Gasteiger partial charge in [0, 0.05) is 9.60 Å². The van der Waals surface area contributed by atoms with Crippen molar-refractivity contribution in [1.82, 2.24) is 0 Å². The number of ether oxygens (including phenoxy) is 1. The molecule has 1 aromatic heterocycles. The second-order valence-electron chi connectivity index (χ2n) is 3.13. The highest BCUT2D eigenvalue weighted by molar-refractivity contribution is 7.80. The Morgan fingerprint density at radius 2 is 2.21 bits per heavy atom. The van der Waals surface area contributed by atoms with Gasteiger partial charge < -0.3 is 4.74 Å². The summed E-state index contributed by atoms with van der Waals surface area (Å²) in [6.07, 6.45) is 0. The topological polar surface area (TPSA) is 9.23 Å². The van der Waals surface area contributed by atoms with E-state index >= 15 is 0 Å². The maximum absolute atomic E-state index is 5.48. The number of fused-ring (bicyclic) bond motifs is 1. The van der Waals surface area contributed by atoms with Gasteiger partial charge in [0.2, 0.25) is 0 Å². The molecule has 0 saturated carbocycles. The van der Waals surface area contributed by atoms with E-state index in [1.165, 1.54) is 15.6 Å². The minimum atomic E-state index is 0.722. The van der Waals surface area contributed by atoms with Crippen LogP contribution in [0.1, 0.15) is 12.5 Å². The monoisotopic (exact) mass is 224 g/mol. The third kappa shape index (κ3) is 1.62. The predicted molar refractivity (Wildman–Crippen MR) is 65.0 cm³/mol. The van der Waals surface area contributed by atoms with Crippen molar-refractivity contribution in [3.05, 3.63) is 23.8 Å². The van der Waals surface area contributed by atoms with Gasteiger partial charge >= 0.3 is 0 Å². The first kappa shape index (κ1) is 9.87. The molecule has 0 amide bonds. The predicted octanol–water partition coefficient (Wildman–Crippen LogP) is 3.90. The Hall–Kier alpha value is -0.670. The first-order chi connectivity index (χ1) is 6.72. The van der Waals surface area contributed by atoms with Gasteiger partial charge in [-0.15, -0.1) is 12.6 Å². The molecular formula is C11H12OS2. The van der Waals surface area contributed by atoms with Gasteiger partial charge in [0.25, 0.3) is 0 Å². The van der Waals surface area contributed by atoms with Gasteiger partial charge in [-0.2, -0.15) is 0 Å². The second-order valence-corrected chi connectivity index (χ2v) is 4.62. The summed E-state index contributed by atoms with van der Waals surface area (Å²) < 4.78 is 6.76. The van der Waals surface area contributed by atoms with Gasteiger partial charge in [0.05, 0.1) is 6.61 Å². The Bertz CT molecular complexity index is 460. The molecule has 0 bridgehead atoms. The zero-order valence-electron chi connectivity index (χ0n) is 8.20. The summed E-state index contributed by atoms with van der Waals surface area (Å²) >= 11 is 6.09. The van der Waals surface area contributed by atoms with E-state index < -0.39 is 0 Å². The van der Waals surface area contributed by atoms with Gasteiger partial charge in [-0.1, -0.05) is 17.4 Å². The molecule has 0 aliphatic rings. The van der Waals surface area contributed by atoms with E-state index in [-0.39, 0.29) is 0 Å². The average molecular weight is 224 g/mol. The normalized spacial score (nSPS) is 10.8. The fourth-order valence-corrected chi connectivity index (χ4v) is 2.76. The summed E-state index contributed by atoms with van der Waals surface area (Å²) in [7, 11) is 0. The number of hydrogen-bond acceptors (Lipinski definition) is 3. The first-order valence-electron chi connectivity index (χ1n) is 4.57. The summed E-state index contributed by atoms with van der Waals surface area (Å²) in [6, 6.07) is 6.20. The van der Waals surface area contributed by atoms with Crippen LogP contribution in [0.4, 0.5) is 0 Å². The smallest absolute Gasteiger partial charge is 0.174 e. The number of aryl methyl sites for hydroxylation is 1. The van der Waals surface area contributed by atoms with Crippen molar-refractivity contribution in [2.75, 3.05) is 6.61 Å². The summed E-state index contributed by atoms with van der Waals surface area (Å²) in [4.78, 5) is 1.04. The van der Waals surface area contributed by atoms with E-state index in [1.54, 1.807) is 11.3 Å². The SMILES string of the molecule is CCOc1cc2ccc(S)c(C)c2s1. The van der Waals surface area contributed by atoms with Crippen LogP contribution in [-0.4, -0.2) is 6.61 Å². The summed E-state index contributed by atoms with van der Waals surface area (Å²) in [5.41, 5.74) is 1.24. The quantitative estimate of drug-likeness (QED) is 0.761. The number of benzene rings is 1. The van der Waals surface area contributed by atoms with Crippen molar-refractivity contribution in [2.24, 2.45) is 0 Å². The Labute approximate surface area is 93.1 Å². The lowest BCUT2D eigenvalue weighted by molar-refractivity contribution is 0.350. The van der Waals surface area contributed by atoms with Crippen LogP contribution in [0, 0.1) is 6.92 Å². The molecule has 1 nitrogen and oxygen atoms in total. The molecule has 0 atom stereocenters. The highest BCUT2D eigenvalue weighted by atomic mass is 32.1. The lowest BCUT2D eigenvalue weighted by Gasteiger charge is -1.98. The fraction of sp³-hybridized carbons (Fsp3) is 0.273. The van der Waals surface area contributed by atoms with Gasteiger partial charge in [-0.05, 0) is 36.9 Å². The van der Waals surface area contributed by atoms with E-state index in [0.717, 1.165) is 16.6 Å². The standard InChI is InChI=1S/C11H12OS2/c1-3-12-10-6-8-4-5-9(13)7(2)11(8)14-10/h4-6,13H,3H2,1-2H3. The van der Waals surface area contributed by atoms with Gasteiger partial charge in [-0.25, -0.2) is 0 Å². The summed E-state index contributed by atoms with van der Waals surface area (Å²) in [6.45, 7) is 4.82. The first-order valence-corrected chi connectivity index (χ1v) is 5.83. The number of hydrogen-bond donors (Lipinski definition) is 1. The van der Waals surface area contributed by atoms with E-state index in [0.29, 0.717) is 0 Å². The molecule has 0 radical (unpaired) electrons. The number of rotatable bonds is 2. The van der Waals surface area contributed by atoms with Crippen LogP contribution in [0.25, 0.3) is 10.1 Å². The van der Waals surface area contributed by atoms with E-state index in [9.17, 15) is 0 Å². The molecule has 0 unspecified atom stereocenters. The maximum Gasteiger partial charge on any atom is 0.174 e. The Morgan fingerprint density at radius 3 is 2.93 bits per heavy atom. The molecule has 1 aromatic carbocycles. The van der Waals surface area contributed by atoms with Crippen molar-refractivity contribution in [3.63, 3.8) is 0 Å². The highest BCUT2D eigenvalue weighted by Gasteiger charge is 2.06.